The largest absolute Gasteiger partial charge is 0.481 e. The summed E-state index contributed by atoms with van der Waals surface area (Å²) in [4.78, 5) is 16.2. The van der Waals surface area contributed by atoms with Gasteiger partial charge in [0.2, 0.25) is 0 Å². The molecule has 116 valence electrons. The zero-order chi connectivity index (χ0) is 15.9. The quantitative estimate of drug-likeness (QED) is 0.886. The van der Waals surface area contributed by atoms with Crippen LogP contribution in [0.2, 0.25) is 5.02 Å². The molecule has 1 amide bonds. The van der Waals surface area contributed by atoms with Crippen molar-refractivity contribution in [2.75, 3.05) is 0 Å². The van der Waals surface area contributed by atoms with Gasteiger partial charge in [-0.3, -0.25) is 9.78 Å². The highest BCUT2D eigenvalue weighted by Gasteiger charge is 2.18. The molecule has 1 heterocycles. The van der Waals surface area contributed by atoms with Crippen LogP contribution in [0.4, 0.5) is 0 Å². The molecular formula is C17H19ClN2O2. The maximum atomic E-state index is 12.2. The maximum Gasteiger partial charge on any atom is 0.261 e. The number of carbonyl (C=O) groups is 1. The Bertz CT molecular complexity index is 632. The molecule has 1 N–H and O–H groups in total. The average Bonchev–Trinajstić information content (AvgIpc) is 2.54. The van der Waals surface area contributed by atoms with Crippen LogP contribution in [0.1, 0.15) is 24.5 Å². The van der Waals surface area contributed by atoms with Gasteiger partial charge < -0.3 is 10.1 Å². The normalized spacial score (nSPS) is 11.8. The fourth-order valence-electron chi connectivity index (χ4n) is 1.98. The summed E-state index contributed by atoms with van der Waals surface area (Å²) in [6.45, 7) is 4.25. The van der Waals surface area contributed by atoms with Crippen molar-refractivity contribution in [1.82, 2.24) is 10.3 Å². The van der Waals surface area contributed by atoms with Crippen molar-refractivity contribution in [3.05, 3.63) is 58.9 Å². The van der Waals surface area contributed by atoms with E-state index in [9.17, 15) is 4.79 Å². The number of aromatic nitrogens is 1. The minimum atomic E-state index is -0.530. The first kappa shape index (κ1) is 16.3. The molecule has 1 aromatic carbocycles. The molecule has 0 aliphatic carbocycles. The van der Waals surface area contributed by atoms with E-state index in [1.54, 1.807) is 24.5 Å². The molecule has 0 aliphatic rings. The van der Waals surface area contributed by atoms with E-state index in [1.165, 1.54) is 0 Å². The van der Waals surface area contributed by atoms with Crippen LogP contribution in [0.5, 0.6) is 5.75 Å². The number of hydrogen-bond acceptors (Lipinski definition) is 3. The lowest BCUT2D eigenvalue weighted by molar-refractivity contribution is -0.128. The van der Waals surface area contributed by atoms with E-state index in [0.717, 1.165) is 11.1 Å². The van der Waals surface area contributed by atoms with Crippen LogP contribution >= 0.6 is 11.6 Å². The third-order valence-electron chi connectivity index (χ3n) is 3.26. The summed E-state index contributed by atoms with van der Waals surface area (Å²) >= 11 is 5.99. The van der Waals surface area contributed by atoms with Crippen LogP contribution < -0.4 is 10.1 Å². The van der Waals surface area contributed by atoms with Gasteiger partial charge in [-0.15, -0.1) is 0 Å². The second-order valence-corrected chi connectivity index (χ2v) is 5.41. The molecule has 1 aromatic heterocycles. The molecular weight excluding hydrogens is 300 g/mol. The number of amides is 1. The summed E-state index contributed by atoms with van der Waals surface area (Å²) in [5.41, 5.74) is 1.87. The summed E-state index contributed by atoms with van der Waals surface area (Å²) in [6.07, 6.45) is 3.48. The van der Waals surface area contributed by atoms with Crippen LogP contribution in [0, 0.1) is 6.92 Å². The van der Waals surface area contributed by atoms with Crippen LogP contribution in [0.15, 0.2) is 42.7 Å². The van der Waals surface area contributed by atoms with E-state index < -0.39 is 6.10 Å². The minimum absolute atomic E-state index is 0.140. The highest BCUT2D eigenvalue weighted by Crippen LogP contribution is 2.22. The molecule has 0 aliphatic heterocycles. The first-order chi connectivity index (χ1) is 10.6. The number of rotatable bonds is 6. The smallest absolute Gasteiger partial charge is 0.261 e. The summed E-state index contributed by atoms with van der Waals surface area (Å²) in [6, 6.07) is 9.13. The Kier molecular flexibility index (Phi) is 5.78. The molecule has 2 aromatic rings. The SMILES string of the molecule is CCC(Oc1ccc(Cl)c(C)c1)C(=O)NCc1cccnc1. The van der Waals surface area contributed by atoms with Gasteiger partial charge in [-0.25, -0.2) is 0 Å². The molecule has 1 atom stereocenters. The number of carbonyl (C=O) groups excluding carboxylic acids is 1. The van der Waals surface area contributed by atoms with Crippen molar-refractivity contribution < 1.29 is 9.53 Å². The number of nitrogens with one attached hydrogen (secondary N) is 1. The molecule has 0 saturated heterocycles. The zero-order valence-electron chi connectivity index (χ0n) is 12.7. The number of benzene rings is 1. The summed E-state index contributed by atoms with van der Waals surface area (Å²) in [5.74, 6) is 0.504. The molecule has 4 nitrogen and oxygen atoms in total. The first-order valence-electron chi connectivity index (χ1n) is 7.19. The number of aryl methyl sites for hydroxylation is 1. The standard InChI is InChI=1S/C17H19ClN2O2/c1-3-16(22-14-6-7-15(18)12(2)9-14)17(21)20-11-13-5-4-8-19-10-13/h4-10,16H,3,11H2,1-2H3,(H,20,21). The van der Waals surface area contributed by atoms with E-state index in [4.69, 9.17) is 16.3 Å². The highest BCUT2D eigenvalue weighted by atomic mass is 35.5. The second-order valence-electron chi connectivity index (χ2n) is 5.00. The molecule has 0 saturated carbocycles. The van der Waals surface area contributed by atoms with Crippen LogP contribution in [0.3, 0.4) is 0 Å². The van der Waals surface area contributed by atoms with E-state index in [1.807, 2.05) is 32.0 Å². The lowest BCUT2D eigenvalue weighted by atomic mass is 10.2. The molecule has 5 heteroatoms. The Balaban J connectivity index is 1.95. The van der Waals surface area contributed by atoms with Gasteiger partial charge in [-0.1, -0.05) is 24.6 Å². The zero-order valence-corrected chi connectivity index (χ0v) is 13.4. The Morgan fingerprint density at radius 2 is 2.23 bits per heavy atom. The Hall–Kier alpha value is -2.07. The lowest BCUT2D eigenvalue weighted by Crippen LogP contribution is -2.37. The van der Waals surface area contributed by atoms with Gasteiger partial charge in [-0.05, 0) is 48.7 Å². The number of ether oxygens (including phenoxy) is 1. The lowest BCUT2D eigenvalue weighted by Gasteiger charge is -2.17. The Labute approximate surface area is 135 Å². The fourth-order valence-corrected chi connectivity index (χ4v) is 2.10. The van der Waals surface area contributed by atoms with Gasteiger partial charge in [-0.2, -0.15) is 0 Å². The average molecular weight is 319 g/mol. The number of pyridine rings is 1. The van der Waals surface area contributed by atoms with Crippen molar-refractivity contribution in [3.8, 4) is 5.75 Å². The predicted octanol–water partition coefficient (Wildman–Crippen LogP) is 3.52. The highest BCUT2D eigenvalue weighted by molar-refractivity contribution is 6.31. The molecule has 1 unspecified atom stereocenters. The summed E-state index contributed by atoms with van der Waals surface area (Å²) in [7, 11) is 0. The fraction of sp³-hybridized carbons (Fsp3) is 0.294. The second kappa shape index (κ2) is 7.80. The van der Waals surface area contributed by atoms with E-state index in [2.05, 4.69) is 10.3 Å². The van der Waals surface area contributed by atoms with Crippen LogP contribution in [-0.4, -0.2) is 17.0 Å². The summed E-state index contributed by atoms with van der Waals surface area (Å²) in [5, 5.41) is 3.55. The van der Waals surface area contributed by atoms with Gasteiger partial charge in [0.1, 0.15) is 5.75 Å². The molecule has 0 radical (unpaired) electrons. The van der Waals surface area contributed by atoms with E-state index in [0.29, 0.717) is 23.7 Å². The maximum absolute atomic E-state index is 12.2. The first-order valence-corrected chi connectivity index (χ1v) is 7.57. The predicted molar refractivity (Wildman–Crippen MR) is 87.0 cm³/mol. The van der Waals surface area contributed by atoms with Gasteiger partial charge in [0.15, 0.2) is 6.10 Å². The molecule has 2 rings (SSSR count). The van der Waals surface area contributed by atoms with E-state index in [-0.39, 0.29) is 5.91 Å². The molecule has 0 bridgehead atoms. The summed E-state index contributed by atoms with van der Waals surface area (Å²) < 4.78 is 5.76. The monoisotopic (exact) mass is 318 g/mol. The third kappa shape index (κ3) is 4.46. The Morgan fingerprint density at radius 3 is 2.86 bits per heavy atom. The Morgan fingerprint density at radius 1 is 1.41 bits per heavy atom. The van der Waals surface area contributed by atoms with Crippen molar-refractivity contribution in [3.63, 3.8) is 0 Å². The van der Waals surface area contributed by atoms with Gasteiger partial charge in [0.25, 0.3) is 5.91 Å². The van der Waals surface area contributed by atoms with E-state index >= 15 is 0 Å². The van der Waals surface area contributed by atoms with Crippen molar-refractivity contribution >= 4 is 17.5 Å². The number of halogens is 1. The van der Waals surface area contributed by atoms with Gasteiger partial charge in [0, 0.05) is 24.0 Å². The van der Waals surface area contributed by atoms with Crippen molar-refractivity contribution in [2.24, 2.45) is 0 Å². The molecule has 22 heavy (non-hydrogen) atoms. The molecule has 0 spiro atoms. The minimum Gasteiger partial charge on any atom is -0.481 e. The number of nitrogens with zero attached hydrogens (tertiary/aromatic N) is 1. The van der Waals surface area contributed by atoms with Crippen molar-refractivity contribution in [1.29, 1.82) is 0 Å². The number of hydrogen-bond donors (Lipinski definition) is 1. The van der Waals surface area contributed by atoms with Crippen LogP contribution in [-0.2, 0) is 11.3 Å². The third-order valence-corrected chi connectivity index (χ3v) is 3.68. The topological polar surface area (TPSA) is 51.2 Å². The van der Waals surface area contributed by atoms with Crippen LogP contribution in [0.25, 0.3) is 0 Å². The van der Waals surface area contributed by atoms with Gasteiger partial charge in [0.05, 0.1) is 0 Å². The van der Waals surface area contributed by atoms with Gasteiger partial charge >= 0.3 is 0 Å². The molecule has 0 fully saturated rings. The van der Waals surface area contributed by atoms with Crippen molar-refractivity contribution in [2.45, 2.75) is 32.9 Å².